The molecule has 0 radical (unpaired) electrons. The van der Waals surface area contributed by atoms with Crippen molar-refractivity contribution < 1.29 is 22.7 Å². The van der Waals surface area contributed by atoms with Crippen LogP contribution in [0.3, 0.4) is 0 Å². The van der Waals surface area contributed by atoms with Gasteiger partial charge in [-0.1, -0.05) is 16.8 Å². The molecule has 1 fully saturated rings. The van der Waals surface area contributed by atoms with E-state index in [0.29, 0.717) is 27.9 Å². The third-order valence-corrected chi connectivity index (χ3v) is 10.5. The standard InChI is InChI=1S/C28H32ClFN6O4S/c1-26(2,3)39-25(37)33-24-27(4,5)41(38,36-18-8-9-18)15-28(6,34-24)19-11-16(7-10-20(19)30)22-12-21(35-40-22)23-31-13-17(29)14-32-23/h7,10-14,18H,8-9,15H2,1-6H3,(H,33,34,37)/t28-,41+/m0/s1. The molecule has 5 rings (SSSR count). The van der Waals surface area contributed by atoms with Crippen molar-refractivity contribution in [3.63, 3.8) is 0 Å². The molecule has 3 heterocycles. The number of halogens is 2. The van der Waals surface area contributed by atoms with Crippen molar-refractivity contribution in [1.82, 2.24) is 20.4 Å². The SMILES string of the molecule is CC(C)(C)OC(=O)NC1=N[C@](C)(c2cc(-c3cc(-c4ncc(Cl)cn4)no3)ccc2F)C[S@](=O)(=NC2CC2)C1(C)C. The molecule has 10 nitrogen and oxygen atoms in total. The molecule has 1 N–H and O–H groups in total. The minimum absolute atomic E-state index is 0.0363. The van der Waals surface area contributed by atoms with Crippen LogP contribution in [0.15, 0.2) is 50.5 Å². The average Bonchev–Trinajstić information content (AvgIpc) is 3.53. The van der Waals surface area contributed by atoms with Gasteiger partial charge in [-0.2, -0.15) is 0 Å². The van der Waals surface area contributed by atoms with Gasteiger partial charge in [-0.3, -0.25) is 10.3 Å². The predicted molar refractivity (Wildman–Crippen MR) is 155 cm³/mol. The quantitative estimate of drug-likeness (QED) is 0.378. The van der Waals surface area contributed by atoms with Gasteiger partial charge in [-0.25, -0.2) is 27.7 Å². The fourth-order valence-corrected chi connectivity index (χ4v) is 7.35. The number of ether oxygens (including phenoxy) is 1. The first-order chi connectivity index (χ1) is 19.1. The highest BCUT2D eigenvalue weighted by molar-refractivity contribution is 7.95. The Balaban J connectivity index is 1.58. The Kier molecular flexibility index (Phi) is 7.22. The molecule has 13 heteroatoms. The van der Waals surface area contributed by atoms with Crippen molar-refractivity contribution >= 4 is 33.3 Å². The zero-order valence-corrected chi connectivity index (χ0v) is 25.3. The molecule has 3 aromatic rings. The van der Waals surface area contributed by atoms with Gasteiger partial charge < -0.3 is 9.26 Å². The van der Waals surface area contributed by atoms with E-state index in [4.69, 9.17) is 30.2 Å². The second-order valence-electron chi connectivity index (χ2n) is 12.0. The van der Waals surface area contributed by atoms with Gasteiger partial charge in [0.2, 0.25) is 0 Å². The van der Waals surface area contributed by atoms with Crippen LogP contribution in [0.5, 0.6) is 0 Å². The van der Waals surface area contributed by atoms with E-state index in [1.54, 1.807) is 59.7 Å². The summed E-state index contributed by atoms with van der Waals surface area (Å²) in [6, 6.07) is 6.04. The van der Waals surface area contributed by atoms with Crippen LogP contribution in [-0.4, -0.2) is 53.4 Å². The lowest BCUT2D eigenvalue weighted by Crippen LogP contribution is -2.58. The number of nitrogens with zero attached hydrogens (tertiary/aromatic N) is 5. The van der Waals surface area contributed by atoms with Crippen LogP contribution in [0.1, 0.15) is 59.9 Å². The smallest absolute Gasteiger partial charge is 0.413 e. The molecule has 2 aromatic heterocycles. The number of nitrogens with one attached hydrogen (secondary N) is 1. The predicted octanol–water partition coefficient (Wildman–Crippen LogP) is 6.15. The molecule has 0 saturated heterocycles. The number of alkyl carbamates (subject to hydrolysis) is 1. The molecule has 41 heavy (non-hydrogen) atoms. The van der Waals surface area contributed by atoms with Gasteiger partial charge in [0.1, 0.15) is 27.5 Å². The summed E-state index contributed by atoms with van der Waals surface area (Å²) in [6.07, 6.45) is 3.83. The van der Waals surface area contributed by atoms with E-state index in [9.17, 15) is 9.00 Å². The summed E-state index contributed by atoms with van der Waals surface area (Å²) in [7, 11) is -3.03. The normalized spacial score (nSPS) is 24.0. The van der Waals surface area contributed by atoms with Crippen LogP contribution in [0.4, 0.5) is 9.18 Å². The highest BCUT2D eigenvalue weighted by Gasteiger charge is 2.50. The number of aliphatic imine (C=N–C) groups is 1. The summed E-state index contributed by atoms with van der Waals surface area (Å²) >= 11 is 5.88. The fraction of sp³-hybridized carbons (Fsp3) is 0.464. The van der Waals surface area contributed by atoms with Gasteiger partial charge in [0.15, 0.2) is 17.3 Å². The minimum Gasteiger partial charge on any atom is -0.444 e. The number of hydrogen-bond donors (Lipinski definition) is 1. The maximum Gasteiger partial charge on any atom is 0.413 e. The molecule has 1 saturated carbocycles. The zero-order chi connectivity index (χ0) is 29.8. The molecule has 218 valence electrons. The van der Waals surface area contributed by atoms with Crippen molar-refractivity contribution in [1.29, 1.82) is 0 Å². The molecule has 2 aliphatic rings. The largest absolute Gasteiger partial charge is 0.444 e. The lowest BCUT2D eigenvalue weighted by molar-refractivity contribution is 0.0560. The number of carbonyl (C=O) groups excluding carboxylic acids is 1. The molecule has 0 bridgehead atoms. The number of rotatable bonds is 4. The molecule has 1 amide bonds. The zero-order valence-electron chi connectivity index (χ0n) is 23.7. The van der Waals surface area contributed by atoms with Crippen molar-refractivity contribution in [3.8, 4) is 22.8 Å². The van der Waals surface area contributed by atoms with E-state index in [0.717, 1.165) is 12.8 Å². The molecule has 1 aliphatic heterocycles. The number of amidine groups is 1. The Hall–Kier alpha value is -3.38. The first-order valence-electron chi connectivity index (χ1n) is 13.2. The summed E-state index contributed by atoms with van der Waals surface area (Å²) in [5.74, 6) is 0.201. The number of carbonyl (C=O) groups is 1. The Morgan fingerprint density at radius 1 is 1.20 bits per heavy atom. The van der Waals surface area contributed by atoms with Gasteiger partial charge in [0.25, 0.3) is 0 Å². The van der Waals surface area contributed by atoms with Gasteiger partial charge in [0, 0.05) is 29.6 Å². The highest BCUT2D eigenvalue weighted by atomic mass is 35.5. The van der Waals surface area contributed by atoms with E-state index in [1.807, 2.05) is 0 Å². The lowest BCUT2D eigenvalue weighted by Gasteiger charge is -2.42. The maximum absolute atomic E-state index is 15.6. The van der Waals surface area contributed by atoms with Crippen LogP contribution in [0.2, 0.25) is 5.02 Å². The van der Waals surface area contributed by atoms with E-state index < -0.39 is 37.5 Å². The molecule has 2 atom stereocenters. The Morgan fingerprint density at radius 2 is 1.88 bits per heavy atom. The van der Waals surface area contributed by atoms with Gasteiger partial charge in [-0.05, 0) is 72.6 Å². The number of amides is 1. The minimum atomic E-state index is -3.03. The van der Waals surface area contributed by atoms with E-state index >= 15 is 4.39 Å². The Labute approximate surface area is 243 Å². The van der Waals surface area contributed by atoms with Crippen molar-refractivity contribution in [2.45, 2.75) is 76.3 Å². The average molecular weight is 603 g/mol. The second-order valence-corrected chi connectivity index (χ2v) is 15.2. The van der Waals surface area contributed by atoms with E-state index in [-0.39, 0.29) is 23.2 Å². The molecular weight excluding hydrogens is 571 g/mol. The van der Waals surface area contributed by atoms with Crippen LogP contribution in [-0.2, 0) is 20.0 Å². The van der Waals surface area contributed by atoms with Crippen LogP contribution in [0, 0.1) is 5.82 Å². The van der Waals surface area contributed by atoms with Gasteiger partial charge in [-0.15, -0.1) is 0 Å². The second kappa shape index (κ2) is 10.2. The van der Waals surface area contributed by atoms with E-state index in [2.05, 4.69) is 20.4 Å². The fourth-order valence-electron chi connectivity index (χ4n) is 4.49. The summed E-state index contributed by atoms with van der Waals surface area (Å²) < 4.78 is 44.8. The summed E-state index contributed by atoms with van der Waals surface area (Å²) in [4.78, 5) is 25.9. The molecule has 1 aromatic carbocycles. The molecule has 0 spiro atoms. The van der Waals surface area contributed by atoms with Crippen molar-refractivity contribution in [3.05, 3.63) is 53.1 Å². The Morgan fingerprint density at radius 3 is 2.51 bits per heavy atom. The topological polar surface area (TPSA) is 132 Å². The van der Waals surface area contributed by atoms with Crippen LogP contribution >= 0.6 is 11.6 Å². The first-order valence-corrected chi connectivity index (χ1v) is 15.2. The third-order valence-electron chi connectivity index (χ3n) is 6.88. The molecule has 1 aliphatic carbocycles. The first kappa shape index (κ1) is 29.1. The van der Waals surface area contributed by atoms with Crippen LogP contribution in [0.25, 0.3) is 22.8 Å². The monoisotopic (exact) mass is 602 g/mol. The number of benzene rings is 1. The molecule has 0 unspecified atom stereocenters. The summed E-state index contributed by atoms with van der Waals surface area (Å²) in [6.45, 7) is 10.4. The molecular formula is C28H32ClFN6O4S. The van der Waals surface area contributed by atoms with Crippen molar-refractivity contribution in [2.75, 3.05) is 5.75 Å². The lowest BCUT2D eigenvalue weighted by atomic mass is 9.91. The van der Waals surface area contributed by atoms with Crippen LogP contribution < -0.4 is 5.32 Å². The van der Waals surface area contributed by atoms with E-state index in [1.165, 1.54) is 18.5 Å². The summed E-state index contributed by atoms with van der Waals surface area (Å²) in [5, 5.41) is 7.13. The van der Waals surface area contributed by atoms with Gasteiger partial charge in [0.05, 0.1) is 26.5 Å². The van der Waals surface area contributed by atoms with Crippen molar-refractivity contribution in [2.24, 2.45) is 9.36 Å². The highest BCUT2D eigenvalue weighted by Crippen LogP contribution is 2.42. The Bertz CT molecular complexity index is 1650. The maximum atomic E-state index is 15.6. The number of hydrogen-bond acceptors (Lipinski definition) is 9. The number of aromatic nitrogens is 3. The van der Waals surface area contributed by atoms with Gasteiger partial charge >= 0.3 is 6.09 Å². The third kappa shape index (κ3) is 5.99. The summed E-state index contributed by atoms with van der Waals surface area (Å²) in [5.41, 5.74) is -1.03.